The fourth-order valence-corrected chi connectivity index (χ4v) is 1.93. The van der Waals surface area contributed by atoms with Gasteiger partial charge in [0.15, 0.2) is 0 Å². The molecule has 0 atom stereocenters. The van der Waals surface area contributed by atoms with Crippen LogP contribution >= 0.6 is 11.3 Å². The molecule has 12 heavy (non-hydrogen) atoms. The number of hydrogen-bond acceptors (Lipinski definition) is 3. The second-order valence-electron chi connectivity index (χ2n) is 2.53. The Hall–Kier alpha value is -0.960. The van der Waals surface area contributed by atoms with E-state index in [-0.39, 0.29) is 0 Å². The molecule has 1 N–H and O–H groups in total. The summed E-state index contributed by atoms with van der Waals surface area (Å²) in [5.41, 5.74) is 1.85. The molecule has 1 aromatic rings. The van der Waals surface area contributed by atoms with Gasteiger partial charge in [-0.15, -0.1) is 11.3 Å². The van der Waals surface area contributed by atoms with Crippen molar-refractivity contribution in [3.63, 3.8) is 0 Å². The Kier molecular flexibility index (Phi) is 2.76. The van der Waals surface area contributed by atoms with Crippen LogP contribution in [0.3, 0.4) is 0 Å². The standard InChI is InChI=1S/C9H12N2S/c1-4-8(5-10)9-6(2)12-7(3)11-9/h4-5,10H,1-3H3/b8-4+,10-5?. The van der Waals surface area contributed by atoms with E-state index < -0.39 is 0 Å². The van der Waals surface area contributed by atoms with Gasteiger partial charge < -0.3 is 5.41 Å². The van der Waals surface area contributed by atoms with Gasteiger partial charge in [-0.2, -0.15) is 0 Å². The van der Waals surface area contributed by atoms with Crippen molar-refractivity contribution in [3.8, 4) is 0 Å². The van der Waals surface area contributed by atoms with Gasteiger partial charge in [0.2, 0.25) is 0 Å². The smallest absolute Gasteiger partial charge is 0.0904 e. The normalized spacial score (nSPS) is 11.8. The van der Waals surface area contributed by atoms with Gasteiger partial charge in [-0.3, -0.25) is 0 Å². The monoisotopic (exact) mass is 180 g/mol. The number of aromatic nitrogens is 1. The van der Waals surface area contributed by atoms with Crippen molar-refractivity contribution in [1.82, 2.24) is 4.98 Å². The Bertz CT molecular complexity index is 323. The summed E-state index contributed by atoms with van der Waals surface area (Å²) in [5, 5.41) is 8.23. The lowest BCUT2D eigenvalue weighted by atomic mass is 10.2. The third kappa shape index (κ3) is 1.61. The van der Waals surface area contributed by atoms with Crippen LogP contribution in [0.5, 0.6) is 0 Å². The number of aryl methyl sites for hydroxylation is 2. The molecule has 0 saturated heterocycles. The highest BCUT2D eigenvalue weighted by Crippen LogP contribution is 2.21. The molecule has 0 radical (unpaired) electrons. The lowest BCUT2D eigenvalue weighted by Crippen LogP contribution is -1.87. The molecule has 0 bridgehead atoms. The largest absolute Gasteiger partial charge is 0.308 e. The van der Waals surface area contributed by atoms with Crippen LogP contribution in [0.25, 0.3) is 5.57 Å². The lowest BCUT2D eigenvalue weighted by molar-refractivity contribution is 1.25. The molecular weight excluding hydrogens is 168 g/mol. The van der Waals surface area contributed by atoms with Crippen LogP contribution in [0.4, 0.5) is 0 Å². The summed E-state index contributed by atoms with van der Waals surface area (Å²) in [4.78, 5) is 5.54. The minimum Gasteiger partial charge on any atom is -0.308 e. The van der Waals surface area contributed by atoms with Crippen LogP contribution in [0.15, 0.2) is 6.08 Å². The van der Waals surface area contributed by atoms with E-state index in [0.29, 0.717) is 0 Å². The first-order valence-corrected chi connectivity index (χ1v) is 4.62. The zero-order valence-corrected chi connectivity index (χ0v) is 8.33. The molecule has 0 aromatic carbocycles. The van der Waals surface area contributed by atoms with Crippen LogP contribution in [0.2, 0.25) is 0 Å². The van der Waals surface area contributed by atoms with Crippen molar-refractivity contribution in [2.45, 2.75) is 20.8 Å². The van der Waals surface area contributed by atoms with E-state index in [1.807, 2.05) is 26.8 Å². The van der Waals surface area contributed by atoms with Crippen molar-refractivity contribution in [2.75, 3.05) is 0 Å². The highest BCUT2D eigenvalue weighted by molar-refractivity contribution is 7.11. The van der Waals surface area contributed by atoms with E-state index in [1.54, 1.807) is 11.3 Å². The van der Waals surface area contributed by atoms with Gasteiger partial charge in [-0.05, 0) is 20.8 Å². The molecule has 0 aliphatic carbocycles. The van der Waals surface area contributed by atoms with Crippen LogP contribution in [0.1, 0.15) is 22.5 Å². The van der Waals surface area contributed by atoms with Gasteiger partial charge in [-0.1, -0.05) is 6.08 Å². The molecule has 0 aliphatic rings. The number of thiazole rings is 1. The summed E-state index contributed by atoms with van der Waals surface area (Å²) in [6.07, 6.45) is 3.26. The summed E-state index contributed by atoms with van der Waals surface area (Å²) in [6, 6.07) is 0. The SMILES string of the molecule is C/C=C(\C=N)c1nc(C)sc1C. The predicted octanol–water partition coefficient (Wildman–Crippen LogP) is 2.81. The van der Waals surface area contributed by atoms with Gasteiger partial charge in [0, 0.05) is 16.7 Å². The average molecular weight is 180 g/mol. The van der Waals surface area contributed by atoms with Gasteiger partial charge in [0.05, 0.1) is 10.7 Å². The Labute approximate surface area is 76.5 Å². The number of hydrogen-bond donors (Lipinski definition) is 1. The minimum absolute atomic E-state index is 0.900. The second-order valence-corrected chi connectivity index (χ2v) is 3.93. The second kappa shape index (κ2) is 3.63. The molecule has 0 aliphatic heterocycles. The van der Waals surface area contributed by atoms with Crippen LogP contribution < -0.4 is 0 Å². The first kappa shape index (κ1) is 9.13. The van der Waals surface area contributed by atoms with Crippen molar-refractivity contribution in [2.24, 2.45) is 0 Å². The summed E-state index contributed by atoms with van der Waals surface area (Å²) in [7, 11) is 0. The van der Waals surface area contributed by atoms with E-state index in [0.717, 1.165) is 16.3 Å². The van der Waals surface area contributed by atoms with Crippen molar-refractivity contribution in [1.29, 1.82) is 5.41 Å². The van der Waals surface area contributed by atoms with Crippen LogP contribution in [-0.4, -0.2) is 11.2 Å². The average Bonchev–Trinajstić information content (AvgIpc) is 2.34. The highest BCUT2D eigenvalue weighted by atomic mass is 32.1. The summed E-state index contributed by atoms with van der Waals surface area (Å²) >= 11 is 1.67. The predicted molar refractivity (Wildman–Crippen MR) is 54.0 cm³/mol. The van der Waals surface area contributed by atoms with Crippen molar-refractivity contribution in [3.05, 3.63) is 21.7 Å². The topological polar surface area (TPSA) is 36.7 Å². The number of allylic oxidation sites excluding steroid dienone is 2. The minimum atomic E-state index is 0.900. The molecule has 2 nitrogen and oxygen atoms in total. The number of nitrogens with zero attached hydrogens (tertiary/aromatic N) is 1. The molecule has 0 amide bonds. The first-order valence-electron chi connectivity index (χ1n) is 3.80. The fourth-order valence-electron chi connectivity index (χ4n) is 1.09. The molecule has 64 valence electrons. The molecule has 0 fully saturated rings. The van der Waals surface area contributed by atoms with Gasteiger partial charge in [0.1, 0.15) is 0 Å². The van der Waals surface area contributed by atoms with E-state index >= 15 is 0 Å². The molecular formula is C9H12N2S. The first-order chi connectivity index (χ1) is 5.69. The maximum Gasteiger partial charge on any atom is 0.0904 e. The zero-order chi connectivity index (χ0) is 9.14. The maximum absolute atomic E-state index is 7.17. The molecule has 3 heteroatoms. The van der Waals surface area contributed by atoms with Gasteiger partial charge in [-0.25, -0.2) is 4.98 Å². The highest BCUT2D eigenvalue weighted by Gasteiger charge is 2.06. The molecule has 0 unspecified atom stereocenters. The number of nitrogens with one attached hydrogen (secondary N) is 1. The maximum atomic E-state index is 7.17. The Morgan fingerprint density at radius 1 is 1.50 bits per heavy atom. The fraction of sp³-hybridized carbons (Fsp3) is 0.333. The Morgan fingerprint density at radius 3 is 2.50 bits per heavy atom. The van der Waals surface area contributed by atoms with E-state index in [2.05, 4.69) is 4.98 Å². The van der Waals surface area contributed by atoms with Crippen LogP contribution in [-0.2, 0) is 0 Å². The molecule has 0 spiro atoms. The molecule has 1 aromatic heterocycles. The van der Waals surface area contributed by atoms with E-state index in [9.17, 15) is 0 Å². The van der Waals surface area contributed by atoms with Gasteiger partial charge >= 0.3 is 0 Å². The summed E-state index contributed by atoms with van der Waals surface area (Å²) in [5.74, 6) is 0. The van der Waals surface area contributed by atoms with Gasteiger partial charge in [0.25, 0.3) is 0 Å². The zero-order valence-electron chi connectivity index (χ0n) is 7.51. The summed E-state index contributed by atoms with van der Waals surface area (Å²) in [6.45, 7) is 5.94. The number of rotatable bonds is 2. The molecule has 1 rings (SSSR count). The lowest BCUT2D eigenvalue weighted by Gasteiger charge is -1.95. The van der Waals surface area contributed by atoms with E-state index in [1.165, 1.54) is 11.1 Å². The van der Waals surface area contributed by atoms with Crippen molar-refractivity contribution >= 4 is 23.1 Å². The Balaban J connectivity index is 3.17. The van der Waals surface area contributed by atoms with Crippen LogP contribution in [0, 0.1) is 19.3 Å². The molecule has 1 heterocycles. The molecule has 0 saturated carbocycles. The van der Waals surface area contributed by atoms with Crippen molar-refractivity contribution < 1.29 is 0 Å². The third-order valence-corrected chi connectivity index (χ3v) is 2.53. The Morgan fingerprint density at radius 2 is 2.17 bits per heavy atom. The summed E-state index contributed by atoms with van der Waals surface area (Å²) < 4.78 is 0. The third-order valence-electron chi connectivity index (χ3n) is 1.64. The quantitative estimate of drug-likeness (QED) is 0.698. The van der Waals surface area contributed by atoms with E-state index in [4.69, 9.17) is 5.41 Å².